The van der Waals surface area contributed by atoms with E-state index in [0.29, 0.717) is 17.8 Å². The molecule has 8 heterocycles. The van der Waals surface area contributed by atoms with Gasteiger partial charge in [-0.2, -0.15) is 0 Å². The summed E-state index contributed by atoms with van der Waals surface area (Å²) in [4.78, 5) is 0. The summed E-state index contributed by atoms with van der Waals surface area (Å²) >= 11 is 0. The van der Waals surface area contributed by atoms with E-state index in [9.17, 15) is 0 Å². The molecule has 0 saturated heterocycles. The summed E-state index contributed by atoms with van der Waals surface area (Å²) in [5, 5.41) is 66.2. The van der Waals surface area contributed by atoms with Crippen molar-refractivity contribution in [2.24, 2.45) is 94.7 Å². The normalized spacial score (nSPS) is 11.6. The van der Waals surface area contributed by atoms with Crippen LogP contribution in [0, 0.1) is 94.7 Å². The van der Waals surface area contributed by atoms with Gasteiger partial charge in [-0.05, 0) is 236 Å². The molecule has 0 amide bonds. The van der Waals surface area contributed by atoms with Crippen molar-refractivity contribution in [2.45, 2.75) is 511 Å². The summed E-state index contributed by atoms with van der Waals surface area (Å²) in [6.45, 7) is 80.2. The van der Waals surface area contributed by atoms with Gasteiger partial charge in [-0.15, -0.1) is 40.8 Å². The van der Waals surface area contributed by atoms with Crippen LogP contribution in [0.25, 0.3) is 0 Å². The molecule has 0 aromatic carbocycles. The fourth-order valence-electron chi connectivity index (χ4n) is 14.8. The molecule has 24 heteroatoms. The van der Waals surface area contributed by atoms with Crippen LogP contribution in [0.4, 0.5) is 0 Å². The molecule has 0 atom stereocenters. The van der Waals surface area contributed by atoms with Crippen LogP contribution in [-0.4, -0.2) is 120 Å². The first kappa shape index (κ1) is 124. The van der Waals surface area contributed by atoms with E-state index in [4.69, 9.17) is 0 Å². The van der Waals surface area contributed by atoms with Crippen molar-refractivity contribution in [3.63, 3.8) is 0 Å². The maximum Gasteiger partial charge on any atom is 0.0829 e. The third-order valence-electron chi connectivity index (χ3n) is 23.1. The van der Waals surface area contributed by atoms with Crippen LogP contribution in [0.5, 0.6) is 0 Å². The molecule has 8 aromatic heterocycles. The lowest BCUT2D eigenvalue weighted by Crippen LogP contribution is -2.10. The summed E-state index contributed by atoms with van der Waals surface area (Å²) < 4.78 is 16.2. The van der Waals surface area contributed by atoms with Gasteiger partial charge in [0.25, 0.3) is 0 Å². The number of aryl methyl sites for hydroxylation is 13. The minimum Gasteiger partial charge on any atom is -0.252 e. The van der Waals surface area contributed by atoms with Crippen LogP contribution in [0.1, 0.15) is 453 Å². The monoisotopic (exact) mass is 1860 g/mol. The average molecular weight is 1860 g/mol. The van der Waals surface area contributed by atoms with Gasteiger partial charge >= 0.3 is 0 Å². The molecule has 0 unspecified atom stereocenters. The van der Waals surface area contributed by atoms with Gasteiger partial charge < -0.3 is 0 Å². The third kappa shape index (κ3) is 72.2. The molecular weight excluding hydrogens is 1650 g/mol. The third-order valence-corrected chi connectivity index (χ3v) is 23.1. The van der Waals surface area contributed by atoms with Crippen LogP contribution in [0.2, 0.25) is 0 Å². The first-order valence-corrected chi connectivity index (χ1v) is 54.2. The van der Waals surface area contributed by atoms with Gasteiger partial charge in [0, 0.05) is 77.1 Å². The van der Waals surface area contributed by atoms with E-state index in [1.807, 2.05) is 43.5 Å². The molecule has 0 aliphatic carbocycles. The van der Waals surface area contributed by atoms with Gasteiger partial charge in [-0.25, -0.2) is 18.7 Å². The number of aromatic nitrogens is 24. The fourth-order valence-corrected chi connectivity index (χ4v) is 14.8. The van der Waals surface area contributed by atoms with E-state index in [-0.39, 0.29) is 0 Å². The molecule has 0 saturated carbocycles. The molecule has 0 N–H and O–H groups in total. The standard InChI is InChI=1S/C15H29N3.3C14H27N3.4C13H25N3/c1-13(2)8-5-6-10-15-12-16-17-18(15)11-7-9-14(3)4;1-12(2)7-5-6-10-17-11-14(15-16-17)9-8-13(3)4;1-12(2)7-5-6-8-14-11-15-16-17(14)10-9-13(3)4;1-12(2)8-6-5-7-9-17-11-14(15-16-17)10-13(3)4;1-11(2)6-5-7-13-10-16(15-14-13)9-8-12(3)4;1-11(2)6-5-7-13-10-14-15-16(13)9-8-12(3)4;1-11(2)7-5-6-8-13-9-14-15-16(13)10-12(3)4;1-11(2)7-5-6-8-13-10-16(15-14-13)9-12(3)4/h12-14H,5-11H2,1-4H3;3*11-13H,5-10H2,1-4H3;2*10-12H,5-9H2,1-4H3;9,11-12H,5-8,10H2,1-4H3;10-12H,5-9H2,1-4H3. The zero-order valence-electron chi connectivity index (χ0n) is 92.4. The summed E-state index contributed by atoms with van der Waals surface area (Å²) in [5.74, 6) is 12.1. The Hall–Kier alpha value is -6.88. The number of rotatable bonds is 61. The summed E-state index contributed by atoms with van der Waals surface area (Å²) in [5.41, 5.74) is 9.74. The van der Waals surface area contributed by atoms with Crippen molar-refractivity contribution >= 4 is 0 Å². The van der Waals surface area contributed by atoms with Crippen LogP contribution in [-0.2, 0) is 104 Å². The predicted molar refractivity (Wildman–Crippen MR) is 561 cm³/mol. The SMILES string of the molecule is CC(C)CCCCCn1cc(CC(C)C)nn1.CC(C)CCCCc1cn(CC(C)C)nn1.CC(C)CCCCc1cnnn1CC(C)C.CC(C)CCCCc1cnnn1CCC(C)C.CC(C)CCCCc1cnnn1CCCC(C)C.CC(C)CCCCn1cc(CCC(C)C)nn1.CC(C)CCCc1cn(CCC(C)C)nn1.CC(C)CCCc1cnnn1CCC(C)C. The minimum atomic E-state index is 0.635. The second-order valence-electron chi connectivity index (χ2n) is 45.3. The summed E-state index contributed by atoms with van der Waals surface area (Å²) in [6, 6.07) is 0. The predicted octanol–water partition coefficient (Wildman–Crippen LogP) is 28.4. The zero-order valence-corrected chi connectivity index (χ0v) is 92.4. The van der Waals surface area contributed by atoms with Crippen molar-refractivity contribution in [2.75, 3.05) is 0 Å². The molecule has 8 aromatic rings. The second kappa shape index (κ2) is 77.1. The molecule has 0 bridgehead atoms. The molecule has 0 radical (unpaired) electrons. The van der Waals surface area contributed by atoms with Gasteiger partial charge in [0.2, 0.25) is 0 Å². The summed E-state index contributed by atoms with van der Waals surface area (Å²) in [7, 11) is 0. The van der Waals surface area contributed by atoms with Crippen LogP contribution in [0.15, 0.2) is 49.6 Å². The topological polar surface area (TPSA) is 246 Å². The van der Waals surface area contributed by atoms with Crippen molar-refractivity contribution in [1.82, 2.24) is 120 Å². The number of nitrogens with zero attached hydrogens (tertiary/aromatic N) is 24. The molecule has 133 heavy (non-hydrogen) atoms. The largest absolute Gasteiger partial charge is 0.252 e. The van der Waals surface area contributed by atoms with E-state index in [1.165, 1.54) is 209 Å². The van der Waals surface area contributed by atoms with Crippen molar-refractivity contribution < 1.29 is 0 Å². The van der Waals surface area contributed by atoms with Crippen LogP contribution >= 0.6 is 0 Å². The van der Waals surface area contributed by atoms with Gasteiger partial charge in [0.1, 0.15) is 0 Å². The Morgan fingerprint density at radius 2 is 0.444 bits per heavy atom. The van der Waals surface area contributed by atoms with Gasteiger partial charge in [0.15, 0.2) is 0 Å². The Labute approximate surface area is 816 Å². The smallest absolute Gasteiger partial charge is 0.0829 e. The Morgan fingerprint density at radius 1 is 0.180 bits per heavy atom. The van der Waals surface area contributed by atoms with E-state index in [1.54, 1.807) is 0 Å². The lowest BCUT2D eigenvalue weighted by atomic mass is 10.0. The minimum absolute atomic E-state index is 0.635. The maximum absolute atomic E-state index is 4.21. The number of hydrogen-bond donors (Lipinski definition) is 0. The quantitative estimate of drug-likeness (QED) is 0.0322. The highest BCUT2D eigenvalue weighted by molar-refractivity contribution is 4.99. The van der Waals surface area contributed by atoms with Crippen molar-refractivity contribution in [3.05, 3.63) is 95.1 Å². The number of unbranched alkanes of at least 4 members (excludes halogenated alkanes) is 7. The molecule has 24 nitrogen and oxygen atoms in total. The molecule has 0 spiro atoms. The highest BCUT2D eigenvalue weighted by Gasteiger charge is 2.14. The lowest BCUT2D eigenvalue weighted by molar-refractivity contribution is 0.452. The molecule has 0 aliphatic rings. The van der Waals surface area contributed by atoms with Crippen LogP contribution < -0.4 is 0 Å². The van der Waals surface area contributed by atoms with E-state index >= 15 is 0 Å². The van der Waals surface area contributed by atoms with Gasteiger partial charge in [-0.1, -0.05) is 360 Å². The Morgan fingerprint density at radius 3 is 0.827 bits per heavy atom. The first-order chi connectivity index (χ1) is 63.2. The molecule has 766 valence electrons. The highest BCUT2D eigenvalue weighted by Crippen LogP contribution is 2.20. The van der Waals surface area contributed by atoms with Crippen molar-refractivity contribution in [1.29, 1.82) is 0 Å². The molecule has 8 rings (SSSR count). The molecule has 0 fully saturated rings. The zero-order chi connectivity index (χ0) is 99.3. The Kier molecular flexibility index (Phi) is 72.0. The second-order valence-corrected chi connectivity index (χ2v) is 45.3. The van der Waals surface area contributed by atoms with E-state index in [2.05, 4.69) is 348 Å². The van der Waals surface area contributed by atoms with E-state index < -0.39 is 0 Å². The Balaban J connectivity index is 0.000000760. The highest BCUT2D eigenvalue weighted by atomic mass is 15.5. The average Bonchev–Trinajstić information content (AvgIpc) is 1.80. The maximum atomic E-state index is 4.21. The van der Waals surface area contributed by atoms with E-state index in [0.717, 1.165) is 203 Å². The van der Waals surface area contributed by atoms with Crippen LogP contribution in [0.3, 0.4) is 0 Å². The number of hydrogen-bond acceptors (Lipinski definition) is 16. The van der Waals surface area contributed by atoms with Gasteiger partial charge in [0.05, 0.1) is 70.3 Å². The molecule has 0 aliphatic heterocycles. The lowest BCUT2D eigenvalue weighted by Gasteiger charge is -2.08. The Bertz CT molecular complexity index is 3850. The first-order valence-electron chi connectivity index (χ1n) is 54.2. The summed E-state index contributed by atoms with van der Waals surface area (Å²) in [6.07, 6.45) is 61.6. The van der Waals surface area contributed by atoms with Gasteiger partial charge in [-0.3, -0.25) is 18.7 Å². The van der Waals surface area contributed by atoms with Crippen molar-refractivity contribution in [3.8, 4) is 0 Å². The molecular formula is C109H210N24. The fraction of sp³-hybridized carbons (Fsp3) is 0.853.